The maximum Gasteiger partial charge on any atom is 0.356 e. The number of aromatic nitrogens is 4. The predicted molar refractivity (Wildman–Crippen MR) is 103 cm³/mol. The highest BCUT2D eigenvalue weighted by Gasteiger charge is 2.18. The van der Waals surface area contributed by atoms with E-state index in [1.165, 1.54) is 17.9 Å². The fourth-order valence-corrected chi connectivity index (χ4v) is 3.07. The molecule has 0 bridgehead atoms. The van der Waals surface area contributed by atoms with Gasteiger partial charge in [0.05, 0.1) is 34.3 Å². The molecule has 0 saturated carbocycles. The van der Waals surface area contributed by atoms with Gasteiger partial charge in [-0.25, -0.2) is 4.79 Å². The van der Waals surface area contributed by atoms with E-state index >= 15 is 0 Å². The van der Waals surface area contributed by atoms with Gasteiger partial charge in [0.15, 0.2) is 5.69 Å². The lowest BCUT2D eigenvalue weighted by Gasteiger charge is -2.08. The van der Waals surface area contributed by atoms with Crippen LogP contribution < -0.4 is 5.32 Å². The Kier molecular flexibility index (Phi) is 5.13. The molecular weight excluding hydrogens is 414 g/mol. The Balaban J connectivity index is 1.82. The van der Waals surface area contributed by atoms with Crippen LogP contribution in [0, 0.1) is 13.8 Å². The van der Waals surface area contributed by atoms with Crippen LogP contribution in [0.4, 0.5) is 5.69 Å². The minimum absolute atomic E-state index is 0.0769. The van der Waals surface area contributed by atoms with Crippen LogP contribution in [0.15, 0.2) is 34.9 Å². The molecule has 0 fully saturated rings. The summed E-state index contributed by atoms with van der Waals surface area (Å²) in [4.78, 5) is 23.9. The monoisotopic (exact) mass is 431 g/mol. The normalized spacial score (nSPS) is 10.8. The van der Waals surface area contributed by atoms with Crippen molar-refractivity contribution in [2.75, 3.05) is 5.32 Å². The molecule has 140 valence electrons. The zero-order chi connectivity index (χ0) is 19.7. The van der Waals surface area contributed by atoms with E-state index in [1.54, 1.807) is 18.2 Å². The molecule has 0 saturated heterocycles. The topological polar surface area (TPSA) is 102 Å². The smallest absolute Gasteiger partial charge is 0.356 e. The van der Waals surface area contributed by atoms with Gasteiger partial charge in [-0.15, -0.1) is 0 Å². The molecule has 27 heavy (non-hydrogen) atoms. The van der Waals surface area contributed by atoms with Gasteiger partial charge in [0.2, 0.25) is 0 Å². The number of nitrogens with zero attached hydrogens (tertiary/aromatic N) is 4. The van der Waals surface area contributed by atoms with E-state index in [0.29, 0.717) is 12.1 Å². The minimum Gasteiger partial charge on any atom is -0.476 e. The zero-order valence-electron chi connectivity index (χ0n) is 15.0. The predicted octanol–water partition coefficient (Wildman–Crippen LogP) is 2.99. The van der Waals surface area contributed by atoms with Gasteiger partial charge in [-0.1, -0.05) is 12.1 Å². The number of amides is 1. The first-order valence-corrected chi connectivity index (χ1v) is 8.92. The number of carboxylic acid groups (broad SMARTS) is 1. The summed E-state index contributed by atoms with van der Waals surface area (Å²) >= 11 is 3.51. The van der Waals surface area contributed by atoms with Crippen LogP contribution in [0.3, 0.4) is 0 Å². The highest BCUT2D eigenvalue weighted by atomic mass is 79.9. The van der Waals surface area contributed by atoms with Crippen LogP contribution in [-0.4, -0.2) is 36.5 Å². The summed E-state index contributed by atoms with van der Waals surface area (Å²) in [6, 6.07) is 7.13. The average molecular weight is 432 g/mol. The number of carbonyl (C=O) groups is 2. The molecule has 3 aromatic rings. The Morgan fingerprint density at radius 3 is 2.67 bits per heavy atom. The third-order valence-electron chi connectivity index (χ3n) is 4.20. The number of nitrogens with one attached hydrogen (secondary N) is 1. The molecule has 2 aromatic heterocycles. The zero-order valence-corrected chi connectivity index (χ0v) is 16.6. The molecule has 0 aliphatic rings. The maximum atomic E-state index is 12.6. The minimum atomic E-state index is -1.16. The summed E-state index contributed by atoms with van der Waals surface area (Å²) < 4.78 is 4.03. The van der Waals surface area contributed by atoms with Crippen molar-refractivity contribution in [3.8, 4) is 0 Å². The third-order valence-corrected chi connectivity index (χ3v) is 5.35. The van der Waals surface area contributed by atoms with Crippen molar-refractivity contribution in [3.63, 3.8) is 0 Å². The Bertz CT molecular complexity index is 1040. The summed E-state index contributed by atoms with van der Waals surface area (Å²) in [5, 5.41) is 20.2. The number of carboxylic acids is 1. The second-order valence-electron chi connectivity index (χ2n) is 6.13. The van der Waals surface area contributed by atoms with E-state index < -0.39 is 11.9 Å². The van der Waals surface area contributed by atoms with Gasteiger partial charge >= 0.3 is 5.97 Å². The van der Waals surface area contributed by atoms with Crippen molar-refractivity contribution in [2.45, 2.75) is 20.4 Å². The SMILES string of the molecule is Cc1nn(Cc2cccc(C(=O)Nc3cnn(C)c3C(=O)O)c2)c(C)c1Br. The van der Waals surface area contributed by atoms with Gasteiger partial charge in [-0.2, -0.15) is 10.2 Å². The number of hydrogen-bond donors (Lipinski definition) is 2. The quantitative estimate of drug-likeness (QED) is 0.646. The first-order valence-electron chi connectivity index (χ1n) is 8.13. The summed E-state index contributed by atoms with van der Waals surface area (Å²) in [6.45, 7) is 4.41. The molecule has 0 aliphatic carbocycles. The Morgan fingerprint density at radius 1 is 1.30 bits per heavy atom. The summed E-state index contributed by atoms with van der Waals surface area (Å²) in [6.07, 6.45) is 1.32. The highest BCUT2D eigenvalue weighted by molar-refractivity contribution is 9.10. The second-order valence-corrected chi connectivity index (χ2v) is 6.93. The summed E-state index contributed by atoms with van der Waals surface area (Å²) in [5.41, 5.74) is 3.32. The fourth-order valence-electron chi connectivity index (χ4n) is 2.79. The van der Waals surface area contributed by atoms with Crippen molar-refractivity contribution in [2.24, 2.45) is 7.05 Å². The van der Waals surface area contributed by atoms with Gasteiger partial charge in [0.1, 0.15) is 0 Å². The molecule has 2 heterocycles. The lowest BCUT2D eigenvalue weighted by molar-refractivity contribution is 0.0686. The number of halogens is 1. The van der Waals surface area contributed by atoms with Crippen molar-refractivity contribution in [1.82, 2.24) is 19.6 Å². The molecule has 0 spiro atoms. The molecule has 0 atom stereocenters. The van der Waals surface area contributed by atoms with Gasteiger partial charge < -0.3 is 10.4 Å². The van der Waals surface area contributed by atoms with Gasteiger partial charge in [-0.3, -0.25) is 14.2 Å². The molecule has 3 rings (SSSR count). The molecule has 1 aromatic carbocycles. The largest absolute Gasteiger partial charge is 0.476 e. The number of anilines is 1. The molecule has 1 amide bonds. The van der Waals surface area contributed by atoms with E-state index in [0.717, 1.165) is 21.4 Å². The van der Waals surface area contributed by atoms with Gasteiger partial charge in [0.25, 0.3) is 5.91 Å². The van der Waals surface area contributed by atoms with Crippen LogP contribution in [0.2, 0.25) is 0 Å². The molecular formula is C18H18BrN5O3. The van der Waals surface area contributed by atoms with Crippen LogP contribution in [0.25, 0.3) is 0 Å². The Labute approximate surface area is 163 Å². The summed E-state index contributed by atoms with van der Waals surface area (Å²) in [5.74, 6) is -1.56. The number of hydrogen-bond acceptors (Lipinski definition) is 4. The molecule has 0 radical (unpaired) electrons. The number of benzene rings is 1. The van der Waals surface area contributed by atoms with Crippen LogP contribution >= 0.6 is 15.9 Å². The van der Waals surface area contributed by atoms with Crippen molar-refractivity contribution in [3.05, 3.63) is 63.1 Å². The molecule has 2 N–H and O–H groups in total. The van der Waals surface area contributed by atoms with Crippen molar-refractivity contribution in [1.29, 1.82) is 0 Å². The van der Waals surface area contributed by atoms with Crippen molar-refractivity contribution < 1.29 is 14.7 Å². The van der Waals surface area contributed by atoms with E-state index in [-0.39, 0.29) is 11.4 Å². The van der Waals surface area contributed by atoms with Crippen molar-refractivity contribution >= 4 is 33.5 Å². The second kappa shape index (κ2) is 7.36. The lowest BCUT2D eigenvalue weighted by atomic mass is 10.1. The Hall–Kier alpha value is -2.94. The first-order chi connectivity index (χ1) is 12.8. The fraction of sp³-hybridized carbons (Fsp3) is 0.222. The average Bonchev–Trinajstić information content (AvgIpc) is 3.10. The number of rotatable bonds is 5. The van der Waals surface area contributed by atoms with E-state index in [1.807, 2.05) is 24.6 Å². The standard InChI is InChI=1S/C18H18BrN5O3/c1-10-15(19)11(2)24(22-10)9-12-5-4-6-13(7-12)17(25)21-14-8-20-23(3)16(14)18(26)27/h4-8H,9H2,1-3H3,(H,21,25)(H,26,27). The molecule has 0 unspecified atom stereocenters. The van der Waals surface area contributed by atoms with E-state index in [4.69, 9.17) is 0 Å². The highest BCUT2D eigenvalue weighted by Crippen LogP contribution is 2.21. The van der Waals surface area contributed by atoms with Crippen LogP contribution in [0.5, 0.6) is 0 Å². The molecule has 9 heteroatoms. The summed E-state index contributed by atoms with van der Waals surface area (Å²) in [7, 11) is 1.51. The van der Waals surface area contributed by atoms with Gasteiger partial charge in [0, 0.05) is 12.6 Å². The number of carbonyl (C=O) groups excluding carboxylic acids is 1. The molecule has 8 nitrogen and oxygen atoms in total. The Morgan fingerprint density at radius 2 is 2.04 bits per heavy atom. The van der Waals surface area contributed by atoms with E-state index in [2.05, 4.69) is 31.4 Å². The van der Waals surface area contributed by atoms with E-state index in [9.17, 15) is 14.7 Å². The van der Waals surface area contributed by atoms with Crippen LogP contribution in [0.1, 0.15) is 37.8 Å². The van der Waals surface area contributed by atoms with Gasteiger partial charge in [-0.05, 0) is 47.5 Å². The number of aromatic carboxylic acids is 1. The van der Waals surface area contributed by atoms with Crippen LogP contribution in [-0.2, 0) is 13.6 Å². The third kappa shape index (κ3) is 3.77. The lowest BCUT2D eigenvalue weighted by Crippen LogP contribution is -2.16. The first kappa shape index (κ1) is 18.8. The number of aryl methyl sites for hydroxylation is 2. The molecule has 0 aliphatic heterocycles. The maximum absolute atomic E-state index is 12.6.